The maximum absolute atomic E-state index is 2.58. The molecule has 0 N–H and O–H groups in total. The van der Waals surface area contributed by atoms with Gasteiger partial charge in [-0.2, -0.15) is 0 Å². The lowest BCUT2D eigenvalue weighted by Crippen LogP contribution is -2.35. The molecule has 0 aromatic carbocycles. The van der Waals surface area contributed by atoms with Gasteiger partial charge in [-0.25, -0.2) is 0 Å². The summed E-state index contributed by atoms with van der Waals surface area (Å²) in [5.41, 5.74) is 0. The van der Waals surface area contributed by atoms with Crippen molar-refractivity contribution in [2.75, 3.05) is 13.6 Å². The second-order valence-electron chi connectivity index (χ2n) is 7.54. The molecule has 0 bridgehead atoms. The van der Waals surface area contributed by atoms with Crippen LogP contribution in [-0.4, -0.2) is 24.5 Å². The summed E-state index contributed by atoms with van der Waals surface area (Å²) in [6.45, 7) is 17.9. The second-order valence-corrected chi connectivity index (χ2v) is 7.54. The van der Waals surface area contributed by atoms with E-state index in [0.717, 1.165) is 23.7 Å². The minimum Gasteiger partial charge on any atom is -0.304 e. The fourth-order valence-corrected chi connectivity index (χ4v) is 3.25. The summed E-state index contributed by atoms with van der Waals surface area (Å²) in [7, 11) is 2.31. The van der Waals surface area contributed by atoms with Gasteiger partial charge in [0.05, 0.1) is 0 Å². The van der Waals surface area contributed by atoms with Gasteiger partial charge in [0.2, 0.25) is 0 Å². The average Bonchev–Trinajstić information content (AvgIpc) is 2.40. The molecule has 3 unspecified atom stereocenters. The summed E-state index contributed by atoms with van der Waals surface area (Å²) in [5.74, 6) is 3.41. The highest BCUT2D eigenvalue weighted by Crippen LogP contribution is 2.30. The van der Waals surface area contributed by atoms with E-state index >= 15 is 0 Å². The fourth-order valence-electron chi connectivity index (χ4n) is 3.25. The van der Waals surface area contributed by atoms with Gasteiger partial charge in [-0.1, -0.05) is 60.8 Å². The molecule has 0 fully saturated rings. The van der Waals surface area contributed by atoms with E-state index in [4.69, 9.17) is 0 Å². The molecule has 0 rings (SSSR count). The summed E-state index contributed by atoms with van der Waals surface area (Å²) in [6.07, 6.45) is 6.71. The Morgan fingerprint density at radius 1 is 0.900 bits per heavy atom. The van der Waals surface area contributed by atoms with Crippen molar-refractivity contribution in [3.63, 3.8) is 0 Å². The monoisotopic (exact) mass is 283 g/mol. The number of hydrogen-bond donors (Lipinski definition) is 0. The van der Waals surface area contributed by atoms with E-state index in [0.29, 0.717) is 6.04 Å². The zero-order valence-electron chi connectivity index (χ0n) is 15.6. The van der Waals surface area contributed by atoms with Crippen LogP contribution in [0.5, 0.6) is 0 Å². The second kappa shape index (κ2) is 10.7. The van der Waals surface area contributed by atoms with E-state index in [1.807, 2.05) is 0 Å². The number of hydrogen-bond acceptors (Lipinski definition) is 1. The van der Waals surface area contributed by atoms with Crippen molar-refractivity contribution in [3.8, 4) is 0 Å². The van der Waals surface area contributed by atoms with Gasteiger partial charge in [0.1, 0.15) is 0 Å². The Kier molecular flexibility index (Phi) is 10.6. The SMILES string of the molecule is CCCC(C)C(CC(C)N(C)CC[C@H](C)CC)C(C)C. The van der Waals surface area contributed by atoms with Gasteiger partial charge >= 0.3 is 0 Å². The molecule has 0 aliphatic heterocycles. The van der Waals surface area contributed by atoms with E-state index in [9.17, 15) is 0 Å². The zero-order chi connectivity index (χ0) is 15.7. The molecular weight excluding hydrogens is 242 g/mol. The van der Waals surface area contributed by atoms with Gasteiger partial charge in [0, 0.05) is 6.04 Å². The van der Waals surface area contributed by atoms with Crippen molar-refractivity contribution in [1.29, 1.82) is 0 Å². The van der Waals surface area contributed by atoms with Crippen LogP contribution in [0.25, 0.3) is 0 Å². The maximum Gasteiger partial charge on any atom is 0.00667 e. The lowest BCUT2D eigenvalue weighted by atomic mass is 9.78. The predicted molar refractivity (Wildman–Crippen MR) is 93.2 cm³/mol. The van der Waals surface area contributed by atoms with Crippen LogP contribution in [0.2, 0.25) is 0 Å². The molecular formula is C19H41N. The van der Waals surface area contributed by atoms with Crippen molar-refractivity contribution >= 4 is 0 Å². The van der Waals surface area contributed by atoms with Gasteiger partial charge in [-0.3, -0.25) is 0 Å². The van der Waals surface area contributed by atoms with E-state index in [1.165, 1.54) is 38.6 Å². The van der Waals surface area contributed by atoms with Crippen LogP contribution in [0.4, 0.5) is 0 Å². The average molecular weight is 284 g/mol. The van der Waals surface area contributed by atoms with E-state index < -0.39 is 0 Å². The minimum absolute atomic E-state index is 0.714. The number of rotatable bonds is 11. The van der Waals surface area contributed by atoms with Crippen LogP contribution in [0.1, 0.15) is 80.6 Å². The highest BCUT2D eigenvalue weighted by molar-refractivity contribution is 4.76. The first-order valence-electron chi connectivity index (χ1n) is 9.03. The molecule has 0 saturated heterocycles. The largest absolute Gasteiger partial charge is 0.304 e. The zero-order valence-corrected chi connectivity index (χ0v) is 15.6. The molecule has 0 aliphatic carbocycles. The van der Waals surface area contributed by atoms with Crippen LogP contribution in [0.15, 0.2) is 0 Å². The summed E-state index contributed by atoms with van der Waals surface area (Å²) >= 11 is 0. The van der Waals surface area contributed by atoms with Crippen LogP contribution >= 0.6 is 0 Å². The van der Waals surface area contributed by atoms with Crippen LogP contribution in [0.3, 0.4) is 0 Å². The quantitative estimate of drug-likeness (QED) is 0.460. The minimum atomic E-state index is 0.714. The summed E-state index contributed by atoms with van der Waals surface area (Å²) in [6, 6.07) is 0.714. The van der Waals surface area contributed by atoms with E-state index in [1.54, 1.807) is 0 Å². The first kappa shape index (κ1) is 20.0. The van der Waals surface area contributed by atoms with Gasteiger partial charge in [-0.05, 0) is 57.0 Å². The van der Waals surface area contributed by atoms with Crippen LogP contribution < -0.4 is 0 Å². The smallest absolute Gasteiger partial charge is 0.00667 e. The highest BCUT2D eigenvalue weighted by atomic mass is 15.1. The van der Waals surface area contributed by atoms with E-state index in [-0.39, 0.29) is 0 Å². The van der Waals surface area contributed by atoms with Crippen molar-refractivity contribution in [2.24, 2.45) is 23.7 Å². The predicted octanol–water partition coefficient (Wildman–Crippen LogP) is 5.84. The van der Waals surface area contributed by atoms with Crippen molar-refractivity contribution < 1.29 is 0 Å². The molecule has 0 aromatic rings. The Morgan fingerprint density at radius 3 is 1.95 bits per heavy atom. The first-order valence-corrected chi connectivity index (χ1v) is 9.03. The molecule has 0 radical (unpaired) electrons. The summed E-state index contributed by atoms with van der Waals surface area (Å²) in [4.78, 5) is 2.58. The molecule has 122 valence electrons. The lowest BCUT2D eigenvalue weighted by Gasteiger charge is -2.34. The Bertz CT molecular complexity index is 224. The Morgan fingerprint density at radius 2 is 1.50 bits per heavy atom. The molecule has 0 spiro atoms. The Hall–Kier alpha value is -0.0400. The van der Waals surface area contributed by atoms with Gasteiger partial charge in [0.15, 0.2) is 0 Å². The maximum atomic E-state index is 2.58. The standard InChI is InChI=1S/C19H41N/c1-9-11-17(6)19(15(3)4)14-18(7)20(8)13-12-16(5)10-2/h15-19H,9-14H2,1-8H3/t16-,17?,18?,19?/m1/s1. The molecule has 0 aliphatic rings. The molecule has 0 heterocycles. The van der Waals surface area contributed by atoms with Crippen LogP contribution in [0, 0.1) is 23.7 Å². The van der Waals surface area contributed by atoms with E-state index in [2.05, 4.69) is 60.4 Å². The van der Waals surface area contributed by atoms with Crippen molar-refractivity contribution in [3.05, 3.63) is 0 Å². The van der Waals surface area contributed by atoms with Crippen molar-refractivity contribution in [2.45, 2.75) is 86.6 Å². The third-order valence-electron chi connectivity index (χ3n) is 5.37. The summed E-state index contributed by atoms with van der Waals surface area (Å²) < 4.78 is 0. The van der Waals surface area contributed by atoms with Gasteiger partial charge < -0.3 is 4.90 Å². The summed E-state index contributed by atoms with van der Waals surface area (Å²) in [5, 5.41) is 0. The molecule has 4 atom stereocenters. The molecule has 0 aromatic heterocycles. The third-order valence-corrected chi connectivity index (χ3v) is 5.37. The Balaban J connectivity index is 4.33. The molecule has 0 amide bonds. The highest BCUT2D eigenvalue weighted by Gasteiger charge is 2.24. The number of nitrogens with zero attached hydrogens (tertiary/aromatic N) is 1. The normalized spacial score (nSPS) is 18.3. The van der Waals surface area contributed by atoms with Crippen LogP contribution in [-0.2, 0) is 0 Å². The lowest BCUT2D eigenvalue weighted by molar-refractivity contribution is 0.155. The van der Waals surface area contributed by atoms with Gasteiger partial charge in [0.25, 0.3) is 0 Å². The Labute approximate surface area is 129 Å². The topological polar surface area (TPSA) is 3.24 Å². The first-order chi connectivity index (χ1) is 9.33. The molecule has 0 saturated carbocycles. The van der Waals surface area contributed by atoms with Crippen molar-refractivity contribution in [1.82, 2.24) is 4.90 Å². The third kappa shape index (κ3) is 7.67. The fraction of sp³-hybridized carbons (Fsp3) is 1.00. The molecule has 1 heteroatoms. The molecule has 20 heavy (non-hydrogen) atoms. The van der Waals surface area contributed by atoms with Gasteiger partial charge in [-0.15, -0.1) is 0 Å². The molecule has 1 nitrogen and oxygen atoms in total.